The van der Waals surface area contributed by atoms with Gasteiger partial charge in [-0.1, -0.05) is 24.3 Å². The van der Waals surface area contributed by atoms with E-state index in [4.69, 9.17) is 0 Å². The largest absolute Gasteiger partial charge is 0.312 e. The normalized spacial score (nSPS) is 17.1. The molecule has 0 saturated heterocycles. The van der Waals surface area contributed by atoms with Crippen LogP contribution >= 0.6 is 31.9 Å². The average molecular weight is 412 g/mol. The molecule has 0 aliphatic carbocycles. The standard InChI is InChI=1S/C14H12Br2N4O/c15-11-7-18-13(12(16)19-11)20-14(21)10-6-17-5-8-3-1-2-4-9(8)10/h1-4,7,10,17H,5-6H2,(H,18,20,21). The minimum atomic E-state index is -0.229. The lowest BCUT2D eigenvalue weighted by molar-refractivity contribution is -0.117. The Morgan fingerprint density at radius 3 is 2.95 bits per heavy atom. The van der Waals surface area contributed by atoms with Gasteiger partial charge < -0.3 is 10.6 Å². The lowest BCUT2D eigenvalue weighted by Gasteiger charge is -2.25. The van der Waals surface area contributed by atoms with Gasteiger partial charge in [-0.15, -0.1) is 0 Å². The number of anilines is 1. The molecule has 1 aromatic carbocycles. The molecule has 0 radical (unpaired) electrons. The quantitative estimate of drug-likeness (QED) is 0.797. The molecule has 2 N–H and O–H groups in total. The summed E-state index contributed by atoms with van der Waals surface area (Å²) in [5.41, 5.74) is 2.22. The second-order valence-electron chi connectivity index (χ2n) is 4.70. The molecule has 1 aliphatic heterocycles. The molecule has 2 heterocycles. The second-order valence-corrected chi connectivity index (χ2v) is 6.27. The van der Waals surface area contributed by atoms with Gasteiger partial charge in [0.05, 0.1) is 12.1 Å². The summed E-state index contributed by atoms with van der Waals surface area (Å²) >= 11 is 6.53. The molecule has 1 aromatic heterocycles. The molecule has 108 valence electrons. The Hall–Kier alpha value is -1.31. The van der Waals surface area contributed by atoms with Crippen LogP contribution in [0.2, 0.25) is 0 Å². The van der Waals surface area contributed by atoms with Crippen molar-refractivity contribution in [2.24, 2.45) is 0 Å². The van der Waals surface area contributed by atoms with Crippen LogP contribution < -0.4 is 10.6 Å². The number of amides is 1. The molecule has 5 nitrogen and oxygen atoms in total. The third kappa shape index (κ3) is 3.14. The summed E-state index contributed by atoms with van der Waals surface area (Å²) in [7, 11) is 0. The number of rotatable bonds is 2. The number of nitrogens with zero attached hydrogens (tertiary/aromatic N) is 2. The van der Waals surface area contributed by atoms with E-state index < -0.39 is 0 Å². The fourth-order valence-electron chi connectivity index (χ4n) is 2.36. The van der Waals surface area contributed by atoms with E-state index in [1.54, 1.807) is 6.20 Å². The van der Waals surface area contributed by atoms with Crippen LogP contribution in [0.3, 0.4) is 0 Å². The van der Waals surface area contributed by atoms with Crippen molar-refractivity contribution in [3.8, 4) is 0 Å². The lowest BCUT2D eigenvalue weighted by Crippen LogP contribution is -2.35. The van der Waals surface area contributed by atoms with Crippen molar-refractivity contribution >= 4 is 43.6 Å². The van der Waals surface area contributed by atoms with E-state index in [0.717, 1.165) is 17.7 Å². The highest BCUT2D eigenvalue weighted by Crippen LogP contribution is 2.26. The summed E-state index contributed by atoms with van der Waals surface area (Å²) in [6, 6.07) is 7.98. The molecule has 21 heavy (non-hydrogen) atoms. The van der Waals surface area contributed by atoms with Crippen molar-refractivity contribution in [1.82, 2.24) is 15.3 Å². The first-order chi connectivity index (χ1) is 10.1. The Morgan fingerprint density at radius 2 is 2.14 bits per heavy atom. The number of aromatic nitrogens is 2. The summed E-state index contributed by atoms with van der Waals surface area (Å²) < 4.78 is 1.11. The van der Waals surface area contributed by atoms with Gasteiger partial charge in [-0.3, -0.25) is 4.79 Å². The van der Waals surface area contributed by atoms with Crippen molar-refractivity contribution in [2.45, 2.75) is 12.5 Å². The monoisotopic (exact) mass is 410 g/mol. The Kier molecular flexibility index (Phi) is 4.32. The molecule has 1 atom stereocenters. The fourth-order valence-corrected chi connectivity index (χ4v) is 3.27. The predicted octanol–water partition coefficient (Wildman–Crippen LogP) is 2.83. The van der Waals surface area contributed by atoms with E-state index in [1.807, 2.05) is 24.3 Å². The first-order valence-electron chi connectivity index (χ1n) is 6.42. The minimum Gasteiger partial charge on any atom is -0.312 e. The number of fused-ring (bicyclic) bond motifs is 1. The lowest BCUT2D eigenvalue weighted by atomic mass is 9.90. The Morgan fingerprint density at radius 1 is 1.33 bits per heavy atom. The third-order valence-corrected chi connectivity index (χ3v) is 4.29. The smallest absolute Gasteiger partial charge is 0.234 e. The highest BCUT2D eigenvalue weighted by molar-refractivity contribution is 9.11. The summed E-state index contributed by atoms with van der Waals surface area (Å²) in [6.45, 7) is 1.41. The number of carbonyl (C=O) groups is 1. The highest BCUT2D eigenvalue weighted by Gasteiger charge is 2.26. The van der Waals surface area contributed by atoms with Gasteiger partial charge in [-0.05, 0) is 43.0 Å². The van der Waals surface area contributed by atoms with Gasteiger partial charge in [0.1, 0.15) is 9.21 Å². The second kappa shape index (κ2) is 6.21. The number of carbonyl (C=O) groups excluding carboxylic acids is 1. The summed E-state index contributed by atoms with van der Waals surface area (Å²) in [5, 5.41) is 6.09. The van der Waals surface area contributed by atoms with Crippen LogP contribution in [0.25, 0.3) is 0 Å². The molecule has 7 heteroatoms. The van der Waals surface area contributed by atoms with Crippen LogP contribution in [-0.4, -0.2) is 22.4 Å². The minimum absolute atomic E-state index is 0.0908. The summed E-state index contributed by atoms with van der Waals surface area (Å²) in [5.74, 6) is 0.102. The number of hydrogen-bond donors (Lipinski definition) is 2. The van der Waals surface area contributed by atoms with Crippen molar-refractivity contribution in [3.63, 3.8) is 0 Å². The first-order valence-corrected chi connectivity index (χ1v) is 8.01. The van der Waals surface area contributed by atoms with E-state index >= 15 is 0 Å². The zero-order valence-corrected chi connectivity index (χ0v) is 14.1. The van der Waals surface area contributed by atoms with Crippen LogP contribution in [0.1, 0.15) is 17.0 Å². The van der Waals surface area contributed by atoms with Gasteiger partial charge in [0.15, 0.2) is 5.82 Å². The summed E-state index contributed by atoms with van der Waals surface area (Å²) in [4.78, 5) is 20.8. The average Bonchev–Trinajstić information content (AvgIpc) is 2.49. The molecule has 0 saturated carbocycles. The molecule has 1 aliphatic rings. The van der Waals surface area contributed by atoms with Gasteiger partial charge in [0.25, 0.3) is 0 Å². The molecule has 0 bridgehead atoms. The molecule has 2 aromatic rings. The fraction of sp³-hybridized carbons (Fsp3) is 0.214. The zero-order valence-electron chi connectivity index (χ0n) is 10.9. The van der Waals surface area contributed by atoms with Crippen LogP contribution in [0.15, 0.2) is 39.7 Å². The van der Waals surface area contributed by atoms with Crippen molar-refractivity contribution in [1.29, 1.82) is 0 Å². The van der Waals surface area contributed by atoms with E-state index in [-0.39, 0.29) is 11.8 Å². The van der Waals surface area contributed by atoms with E-state index in [0.29, 0.717) is 21.6 Å². The highest BCUT2D eigenvalue weighted by atomic mass is 79.9. The van der Waals surface area contributed by atoms with Crippen molar-refractivity contribution < 1.29 is 4.79 Å². The maximum absolute atomic E-state index is 12.5. The maximum Gasteiger partial charge on any atom is 0.234 e. The van der Waals surface area contributed by atoms with Gasteiger partial charge in [-0.2, -0.15) is 0 Å². The number of nitrogens with one attached hydrogen (secondary N) is 2. The zero-order chi connectivity index (χ0) is 14.8. The molecule has 1 unspecified atom stereocenters. The van der Waals surface area contributed by atoms with E-state index in [1.165, 1.54) is 0 Å². The Labute approximate surface area is 138 Å². The molecule has 1 amide bonds. The van der Waals surface area contributed by atoms with Crippen LogP contribution in [0.5, 0.6) is 0 Å². The summed E-state index contributed by atoms with van der Waals surface area (Å²) in [6.07, 6.45) is 1.55. The molecular formula is C14H12Br2N4O. The van der Waals surface area contributed by atoms with Crippen LogP contribution in [-0.2, 0) is 11.3 Å². The van der Waals surface area contributed by atoms with E-state index in [2.05, 4.69) is 52.5 Å². The number of benzene rings is 1. The van der Waals surface area contributed by atoms with Gasteiger partial charge in [0, 0.05) is 13.1 Å². The van der Waals surface area contributed by atoms with Crippen molar-refractivity contribution in [2.75, 3.05) is 11.9 Å². The predicted molar refractivity (Wildman–Crippen MR) is 87.0 cm³/mol. The van der Waals surface area contributed by atoms with Gasteiger partial charge in [-0.25, -0.2) is 9.97 Å². The van der Waals surface area contributed by atoms with Crippen LogP contribution in [0.4, 0.5) is 5.82 Å². The number of hydrogen-bond acceptors (Lipinski definition) is 4. The topological polar surface area (TPSA) is 66.9 Å². The Balaban J connectivity index is 1.83. The SMILES string of the molecule is O=C(Nc1ncc(Br)nc1Br)C1CNCc2ccccc21. The third-order valence-electron chi connectivity index (χ3n) is 3.35. The molecule has 3 rings (SSSR count). The molecule has 0 fully saturated rings. The van der Waals surface area contributed by atoms with Gasteiger partial charge in [0.2, 0.25) is 5.91 Å². The molecular weight excluding hydrogens is 400 g/mol. The number of halogens is 2. The van der Waals surface area contributed by atoms with Gasteiger partial charge >= 0.3 is 0 Å². The van der Waals surface area contributed by atoms with Crippen molar-refractivity contribution in [3.05, 3.63) is 50.8 Å². The Bertz CT molecular complexity index is 692. The molecule has 0 spiro atoms. The van der Waals surface area contributed by atoms with Crippen LogP contribution in [0, 0.1) is 0 Å². The maximum atomic E-state index is 12.5. The van der Waals surface area contributed by atoms with E-state index in [9.17, 15) is 4.79 Å². The first kappa shape index (κ1) is 14.6.